The molecule has 1 saturated heterocycles. The molecule has 1 amide bonds. The smallest absolute Gasteiger partial charge is 0.225 e. The number of aliphatic hydroxyl groups is 1. The summed E-state index contributed by atoms with van der Waals surface area (Å²) in [5.74, 6) is 0.713. The van der Waals surface area contributed by atoms with E-state index in [4.69, 9.17) is 0 Å². The largest absolute Gasteiger partial charge is 0.393 e. The molecule has 18 heavy (non-hydrogen) atoms. The summed E-state index contributed by atoms with van der Waals surface area (Å²) in [6.45, 7) is 7.65. The van der Waals surface area contributed by atoms with E-state index in [1.165, 1.54) is 19.3 Å². The Kier molecular flexibility index (Phi) is 6.69. The van der Waals surface area contributed by atoms with Crippen molar-refractivity contribution < 1.29 is 9.90 Å². The van der Waals surface area contributed by atoms with Crippen LogP contribution in [0.4, 0.5) is 0 Å². The SMILES string of the molecule is CCCCCCC(C)C(=O)N1CCC(C(C)O)C1. The average molecular weight is 255 g/mol. The Morgan fingerprint density at radius 2 is 2.06 bits per heavy atom. The first-order chi connectivity index (χ1) is 8.56. The zero-order valence-corrected chi connectivity index (χ0v) is 12.2. The fourth-order valence-corrected chi connectivity index (χ4v) is 2.69. The maximum absolute atomic E-state index is 12.2. The van der Waals surface area contributed by atoms with Crippen molar-refractivity contribution in [2.45, 2.75) is 65.4 Å². The molecule has 3 atom stereocenters. The first kappa shape index (κ1) is 15.5. The second-order valence-corrected chi connectivity index (χ2v) is 5.82. The van der Waals surface area contributed by atoms with Gasteiger partial charge in [-0.1, -0.05) is 39.5 Å². The van der Waals surface area contributed by atoms with Gasteiger partial charge in [0, 0.05) is 24.9 Å². The number of hydrogen-bond donors (Lipinski definition) is 1. The lowest BCUT2D eigenvalue weighted by Crippen LogP contribution is -2.34. The van der Waals surface area contributed by atoms with Crippen molar-refractivity contribution in [3.63, 3.8) is 0 Å². The van der Waals surface area contributed by atoms with E-state index in [2.05, 4.69) is 6.92 Å². The molecule has 0 aromatic carbocycles. The van der Waals surface area contributed by atoms with Gasteiger partial charge in [0.1, 0.15) is 0 Å². The van der Waals surface area contributed by atoms with E-state index in [1.54, 1.807) is 0 Å². The standard InChI is InChI=1S/C15H29NO2/c1-4-5-6-7-8-12(2)15(18)16-10-9-14(11-16)13(3)17/h12-14,17H,4-11H2,1-3H3. The number of carbonyl (C=O) groups is 1. The van der Waals surface area contributed by atoms with E-state index in [-0.39, 0.29) is 23.8 Å². The minimum absolute atomic E-state index is 0.148. The topological polar surface area (TPSA) is 40.5 Å². The van der Waals surface area contributed by atoms with E-state index in [1.807, 2.05) is 18.7 Å². The first-order valence-corrected chi connectivity index (χ1v) is 7.53. The minimum atomic E-state index is -0.289. The van der Waals surface area contributed by atoms with Crippen LogP contribution in [0.15, 0.2) is 0 Å². The molecule has 0 radical (unpaired) electrons. The molecule has 3 unspecified atom stereocenters. The van der Waals surface area contributed by atoms with Crippen molar-refractivity contribution in [2.24, 2.45) is 11.8 Å². The van der Waals surface area contributed by atoms with Crippen LogP contribution in [0.2, 0.25) is 0 Å². The van der Waals surface area contributed by atoms with Gasteiger partial charge in [-0.2, -0.15) is 0 Å². The highest BCUT2D eigenvalue weighted by atomic mass is 16.3. The number of amides is 1. The van der Waals surface area contributed by atoms with Crippen LogP contribution in [0.5, 0.6) is 0 Å². The molecule has 0 spiro atoms. The van der Waals surface area contributed by atoms with Crippen molar-refractivity contribution in [3.8, 4) is 0 Å². The number of carbonyl (C=O) groups excluding carboxylic acids is 1. The summed E-state index contributed by atoms with van der Waals surface area (Å²) >= 11 is 0. The number of hydrogen-bond acceptors (Lipinski definition) is 2. The summed E-state index contributed by atoms with van der Waals surface area (Å²) in [6.07, 6.45) is 6.58. The van der Waals surface area contributed by atoms with Crippen LogP contribution >= 0.6 is 0 Å². The molecular weight excluding hydrogens is 226 g/mol. The molecule has 0 aromatic rings. The van der Waals surface area contributed by atoms with Crippen molar-refractivity contribution in [2.75, 3.05) is 13.1 Å². The summed E-state index contributed by atoms with van der Waals surface area (Å²) < 4.78 is 0. The highest BCUT2D eigenvalue weighted by Crippen LogP contribution is 2.22. The number of aliphatic hydroxyl groups excluding tert-OH is 1. The lowest BCUT2D eigenvalue weighted by molar-refractivity contribution is -0.134. The Labute approximate surface area is 112 Å². The second kappa shape index (κ2) is 7.78. The van der Waals surface area contributed by atoms with Gasteiger partial charge in [0.15, 0.2) is 0 Å². The molecule has 0 saturated carbocycles. The van der Waals surface area contributed by atoms with Crippen LogP contribution < -0.4 is 0 Å². The van der Waals surface area contributed by atoms with Crippen LogP contribution in [0, 0.1) is 11.8 Å². The Hall–Kier alpha value is -0.570. The van der Waals surface area contributed by atoms with E-state index in [0.29, 0.717) is 0 Å². The van der Waals surface area contributed by atoms with Crippen LogP contribution in [0.1, 0.15) is 59.3 Å². The van der Waals surface area contributed by atoms with Crippen LogP contribution in [-0.2, 0) is 4.79 Å². The van der Waals surface area contributed by atoms with Gasteiger partial charge in [-0.05, 0) is 19.8 Å². The lowest BCUT2D eigenvalue weighted by atomic mass is 10.0. The monoisotopic (exact) mass is 255 g/mol. The Bertz CT molecular complexity index is 253. The highest BCUT2D eigenvalue weighted by Gasteiger charge is 2.30. The molecule has 1 aliphatic heterocycles. The Morgan fingerprint density at radius 1 is 1.33 bits per heavy atom. The number of likely N-dealkylation sites (tertiary alicyclic amines) is 1. The first-order valence-electron chi connectivity index (χ1n) is 7.53. The minimum Gasteiger partial charge on any atom is -0.393 e. The predicted octanol–water partition coefficient (Wildman–Crippen LogP) is 2.82. The van der Waals surface area contributed by atoms with Gasteiger partial charge in [0.05, 0.1) is 6.10 Å². The highest BCUT2D eigenvalue weighted by molar-refractivity contribution is 5.78. The molecule has 0 aliphatic carbocycles. The molecule has 0 bridgehead atoms. The second-order valence-electron chi connectivity index (χ2n) is 5.82. The van der Waals surface area contributed by atoms with Crippen LogP contribution in [0.3, 0.4) is 0 Å². The van der Waals surface area contributed by atoms with E-state index < -0.39 is 0 Å². The zero-order valence-electron chi connectivity index (χ0n) is 12.2. The van der Waals surface area contributed by atoms with Crippen molar-refractivity contribution in [3.05, 3.63) is 0 Å². The summed E-state index contributed by atoms with van der Waals surface area (Å²) in [5.41, 5.74) is 0. The summed E-state index contributed by atoms with van der Waals surface area (Å²) in [7, 11) is 0. The van der Waals surface area contributed by atoms with Crippen molar-refractivity contribution in [1.29, 1.82) is 0 Å². The summed E-state index contributed by atoms with van der Waals surface area (Å²) in [6, 6.07) is 0. The number of nitrogens with zero attached hydrogens (tertiary/aromatic N) is 1. The maximum atomic E-state index is 12.2. The molecule has 106 valence electrons. The molecule has 1 fully saturated rings. The Balaban J connectivity index is 2.27. The normalized spacial score (nSPS) is 23.1. The van der Waals surface area contributed by atoms with Gasteiger partial charge >= 0.3 is 0 Å². The average Bonchev–Trinajstić information content (AvgIpc) is 2.83. The van der Waals surface area contributed by atoms with Gasteiger partial charge in [-0.3, -0.25) is 4.79 Å². The number of unbranched alkanes of at least 4 members (excludes halogenated alkanes) is 3. The molecule has 3 heteroatoms. The molecule has 1 heterocycles. The van der Waals surface area contributed by atoms with Gasteiger partial charge in [-0.25, -0.2) is 0 Å². The molecule has 3 nitrogen and oxygen atoms in total. The molecule has 1 aliphatic rings. The van der Waals surface area contributed by atoms with Crippen molar-refractivity contribution in [1.82, 2.24) is 4.90 Å². The molecular formula is C15H29NO2. The third kappa shape index (κ3) is 4.60. The third-order valence-electron chi connectivity index (χ3n) is 4.13. The van der Waals surface area contributed by atoms with Crippen LogP contribution in [-0.4, -0.2) is 35.1 Å². The summed E-state index contributed by atoms with van der Waals surface area (Å²) in [5, 5.41) is 9.55. The van der Waals surface area contributed by atoms with Gasteiger partial charge in [-0.15, -0.1) is 0 Å². The fourth-order valence-electron chi connectivity index (χ4n) is 2.69. The van der Waals surface area contributed by atoms with Gasteiger partial charge in [0.25, 0.3) is 0 Å². The van der Waals surface area contributed by atoms with Crippen LogP contribution in [0.25, 0.3) is 0 Å². The Morgan fingerprint density at radius 3 is 2.61 bits per heavy atom. The number of rotatable bonds is 7. The van der Waals surface area contributed by atoms with Gasteiger partial charge in [0.2, 0.25) is 5.91 Å². The fraction of sp³-hybridized carbons (Fsp3) is 0.933. The lowest BCUT2D eigenvalue weighted by Gasteiger charge is -2.21. The molecule has 1 N–H and O–H groups in total. The van der Waals surface area contributed by atoms with E-state index >= 15 is 0 Å². The molecule has 1 rings (SSSR count). The van der Waals surface area contributed by atoms with E-state index in [9.17, 15) is 9.90 Å². The zero-order chi connectivity index (χ0) is 13.5. The maximum Gasteiger partial charge on any atom is 0.225 e. The molecule has 0 aromatic heterocycles. The third-order valence-corrected chi connectivity index (χ3v) is 4.13. The van der Waals surface area contributed by atoms with Gasteiger partial charge < -0.3 is 10.0 Å². The predicted molar refractivity (Wildman–Crippen MR) is 74.3 cm³/mol. The van der Waals surface area contributed by atoms with Crippen molar-refractivity contribution >= 4 is 5.91 Å². The summed E-state index contributed by atoms with van der Waals surface area (Å²) in [4.78, 5) is 14.2. The van der Waals surface area contributed by atoms with E-state index in [0.717, 1.165) is 32.4 Å². The quantitative estimate of drug-likeness (QED) is 0.711.